The summed E-state index contributed by atoms with van der Waals surface area (Å²) in [6.45, 7) is 3.95. The highest BCUT2D eigenvalue weighted by Crippen LogP contribution is 2.25. The Balaban J connectivity index is 3.00. The summed E-state index contributed by atoms with van der Waals surface area (Å²) in [6.07, 6.45) is 3.09. The normalized spacial score (nSPS) is 16.1. The second kappa shape index (κ2) is 3.54. The maximum absolute atomic E-state index is 10.7. The molecule has 1 heterocycles. The van der Waals surface area contributed by atoms with E-state index >= 15 is 0 Å². The van der Waals surface area contributed by atoms with E-state index < -0.39 is 11.4 Å². The molecule has 0 radical (unpaired) electrons. The highest BCUT2D eigenvalue weighted by molar-refractivity contribution is 5.90. The zero-order valence-corrected chi connectivity index (χ0v) is 8.16. The fourth-order valence-corrected chi connectivity index (χ4v) is 1.15. The average molecular weight is 192 g/mol. The van der Waals surface area contributed by atoms with Crippen LogP contribution in [0.25, 0.3) is 0 Å². The summed E-state index contributed by atoms with van der Waals surface area (Å²) in [6, 6.07) is 2.12. The molecule has 4 nitrogen and oxygen atoms in total. The molecule has 0 atom stereocenters. The molecule has 2 N–H and O–H groups in total. The van der Waals surface area contributed by atoms with E-state index in [2.05, 4.69) is 11.4 Å². The number of carbonyl (C=O) groups is 1. The molecule has 4 heteroatoms. The van der Waals surface area contributed by atoms with Gasteiger partial charge in [0.25, 0.3) is 0 Å². The fraction of sp³-hybridized carbons (Fsp3) is 0.400. The predicted molar refractivity (Wildman–Crippen MR) is 51.2 cm³/mol. The molecule has 74 valence electrons. The largest absolute Gasteiger partial charge is 0.478 e. The van der Waals surface area contributed by atoms with Gasteiger partial charge in [-0.1, -0.05) is 6.08 Å². The first-order valence-electron chi connectivity index (χ1n) is 4.28. The molecule has 1 aliphatic heterocycles. The van der Waals surface area contributed by atoms with Gasteiger partial charge in [0, 0.05) is 12.2 Å². The number of aliphatic carboxylic acids is 1. The predicted octanol–water partition coefficient (Wildman–Crippen LogP) is 1.03. The summed E-state index contributed by atoms with van der Waals surface area (Å²) >= 11 is 0. The monoisotopic (exact) mass is 192 g/mol. The molecule has 1 aliphatic rings. The van der Waals surface area contributed by atoms with E-state index in [4.69, 9.17) is 10.4 Å². The van der Waals surface area contributed by atoms with Crippen LogP contribution in [-0.4, -0.2) is 17.6 Å². The molecular formula is C10H12N2O2. The van der Waals surface area contributed by atoms with E-state index in [1.165, 1.54) is 6.08 Å². The van der Waals surface area contributed by atoms with Gasteiger partial charge >= 0.3 is 5.97 Å². The van der Waals surface area contributed by atoms with Crippen LogP contribution in [0.15, 0.2) is 23.4 Å². The number of nitriles is 1. The van der Waals surface area contributed by atoms with Crippen molar-refractivity contribution in [3.8, 4) is 6.07 Å². The van der Waals surface area contributed by atoms with Crippen molar-refractivity contribution in [2.24, 2.45) is 5.41 Å². The Kier molecular flexibility index (Phi) is 2.61. The summed E-state index contributed by atoms with van der Waals surface area (Å²) in [7, 11) is 0. The minimum atomic E-state index is -0.960. The maximum Gasteiger partial charge on any atom is 0.335 e. The summed E-state index contributed by atoms with van der Waals surface area (Å²) < 4.78 is 0. The van der Waals surface area contributed by atoms with E-state index in [9.17, 15) is 4.79 Å². The highest BCUT2D eigenvalue weighted by atomic mass is 16.4. The number of nitrogens with zero attached hydrogens (tertiary/aromatic N) is 1. The van der Waals surface area contributed by atoms with Gasteiger partial charge in [-0.25, -0.2) is 4.79 Å². The number of allylic oxidation sites excluding steroid dienone is 1. The quantitative estimate of drug-likeness (QED) is 0.685. The molecule has 0 spiro atoms. The molecule has 0 aromatic heterocycles. The molecule has 1 rings (SSSR count). The molecule has 0 unspecified atom stereocenters. The summed E-state index contributed by atoms with van der Waals surface area (Å²) in [5.41, 5.74) is 0.219. The summed E-state index contributed by atoms with van der Waals surface area (Å²) in [5, 5.41) is 20.6. The van der Waals surface area contributed by atoms with Crippen molar-refractivity contribution in [3.05, 3.63) is 23.4 Å². The van der Waals surface area contributed by atoms with Gasteiger partial charge in [0.1, 0.15) is 0 Å². The van der Waals surface area contributed by atoms with Crippen molar-refractivity contribution in [1.82, 2.24) is 5.32 Å². The first-order valence-corrected chi connectivity index (χ1v) is 4.28. The number of carboxylic acid groups (broad SMARTS) is 1. The van der Waals surface area contributed by atoms with Crippen LogP contribution < -0.4 is 5.32 Å². The Morgan fingerprint density at radius 2 is 2.36 bits per heavy atom. The first kappa shape index (κ1) is 10.3. The molecule has 0 saturated heterocycles. The minimum Gasteiger partial charge on any atom is -0.478 e. The number of nitrogens with one attached hydrogen (secondary N) is 1. The lowest BCUT2D eigenvalue weighted by molar-refractivity contribution is -0.132. The van der Waals surface area contributed by atoms with Crippen molar-refractivity contribution >= 4 is 5.97 Å². The smallest absolute Gasteiger partial charge is 0.335 e. The van der Waals surface area contributed by atoms with Gasteiger partial charge in [0.15, 0.2) is 0 Å². The topological polar surface area (TPSA) is 73.1 Å². The number of carboxylic acids is 1. The van der Waals surface area contributed by atoms with Crippen molar-refractivity contribution in [2.75, 3.05) is 6.54 Å². The van der Waals surface area contributed by atoms with E-state index in [-0.39, 0.29) is 5.57 Å². The molecule has 0 aromatic carbocycles. The van der Waals surface area contributed by atoms with Crippen LogP contribution in [0.3, 0.4) is 0 Å². The third-order valence-corrected chi connectivity index (χ3v) is 2.11. The van der Waals surface area contributed by atoms with Gasteiger partial charge in [-0.05, 0) is 19.9 Å². The van der Waals surface area contributed by atoms with E-state index in [0.717, 1.165) is 0 Å². The van der Waals surface area contributed by atoms with Crippen LogP contribution in [0.1, 0.15) is 13.8 Å². The van der Waals surface area contributed by atoms with Gasteiger partial charge in [0.05, 0.1) is 17.1 Å². The lowest BCUT2D eigenvalue weighted by Crippen LogP contribution is -2.29. The van der Waals surface area contributed by atoms with Crippen molar-refractivity contribution < 1.29 is 9.90 Å². The van der Waals surface area contributed by atoms with E-state index in [1.54, 1.807) is 19.9 Å². The van der Waals surface area contributed by atoms with Crippen molar-refractivity contribution in [2.45, 2.75) is 13.8 Å². The minimum absolute atomic E-state index is 0.238. The van der Waals surface area contributed by atoms with E-state index in [1.807, 2.05) is 0 Å². The van der Waals surface area contributed by atoms with Crippen LogP contribution in [0.4, 0.5) is 0 Å². The molecule has 0 aliphatic carbocycles. The van der Waals surface area contributed by atoms with Gasteiger partial charge in [-0.2, -0.15) is 5.26 Å². The Bertz CT molecular complexity index is 359. The fourth-order valence-electron chi connectivity index (χ4n) is 1.15. The average Bonchev–Trinajstić information content (AvgIpc) is 2.18. The second-order valence-electron chi connectivity index (χ2n) is 3.64. The molecule has 0 bridgehead atoms. The molecular weight excluding hydrogens is 180 g/mol. The Hall–Kier alpha value is -1.76. The molecule has 0 aromatic rings. The zero-order valence-electron chi connectivity index (χ0n) is 8.16. The van der Waals surface area contributed by atoms with Crippen LogP contribution in [0.5, 0.6) is 0 Å². The lowest BCUT2D eigenvalue weighted by Gasteiger charge is -2.23. The summed E-state index contributed by atoms with van der Waals surface area (Å²) in [5.74, 6) is -0.960. The van der Waals surface area contributed by atoms with Gasteiger partial charge in [-0.3, -0.25) is 0 Å². The number of rotatable bonds is 2. The summed E-state index contributed by atoms with van der Waals surface area (Å²) in [4.78, 5) is 10.7. The van der Waals surface area contributed by atoms with Crippen molar-refractivity contribution in [3.63, 3.8) is 0 Å². The third-order valence-electron chi connectivity index (χ3n) is 2.11. The molecule has 0 amide bonds. The third kappa shape index (κ3) is 1.94. The standard InChI is InChI=1S/C10H12N2O2/c1-10(2,6-11)8-5-7(9(13)14)3-4-12-8/h3,5,12H,4H2,1-2H3,(H,13,14). The van der Waals surface area contributed by atoms with Gasteiger partial charge < -0.3 is 10.4 Å². The van der Waals surface area contributed by atoms with Gasteiger partial charge in [0.2, 0.25) is 0 Å². The number of hydrogen-bond donors (Lipinski definition) is 2. The highest BCUT2D eigenvalue weighted by Gasteiger charge is 2.25. The van der Waals surface area contributed by atoms with Crippen LogP contribution >= 0.6 is 0 Å². The lowest BCUT2D eigenvalue weighted by atomic mass is 9.88. The van der Waals surface area contributed by atoms with Crippen molar-refractivity contribution in [1.29, 1.82) is 5.26 Å². The van der Waals surface area contributed by atoms with Crippen LogP contribution in [-0.2, 0) is 4.79 Å². The van der Waals surface area contributed by atoms with E-state index in [0.29, 0.717) is 12.2 Å². The Morgan fingerprint density at radius 3 is 2.86 bits per heavy atom. The molecule has 14 heavy (non-hydrogen) atoms. The SMILES string of the molecule is CC(C)(C#N)C1=CC(C(=O)O)=CCN1. The zero-order chi connectivity index (χ0) is 10.8. The maximum atomic E-state index is 10.7. The van der Waals surface area contributed by atoms with Crippen LogP contribution in [0.2, 0.25) is 0 Å². The Labute approximate surface area is 82.5 Å². The Morgan fingerprint density at radius 1 is 1.71 bits per heavy atom. The van der Waals surface area contributed by atoms with Gasteiger partial charge in [-0.15, -0.1) is 0 Å². The number of dihydropyridines is 1. The van der Waals surface area contributed by atoms with Crippen LogP contribution in [0, 0.1) is 16.7 Å². The number of hydrogen-bond acceptors (Lipinski definition) is 3. The molecule has 0 saturated carbocycles. The second-order valence-corrected chi connectivity index (χ2v) is 3.64. The first-order chi connectivity index (χ1) is 6.47. The molecule has 0 fully saturated rings.